The van der Waals surface area contributed by atoms with Crippen molar-refractivity contribution in [2.45, 2.75) is 52.7 Å². The molecule has 1 N–H and O–H groups in total. The van der Waals surface area contributed by atoms with Crippen LogP contribution in [0.2, 0.25) is 0 Å². The molecule has 0 radical (unpaired) electrons. The van der Waals surface area contributed by atoms with Gasteiger partial charge in [-0.2, -0.15) is 0 Å². The third-order valence-corrected chi connectivity index (χ3v) is 4.30. The normalized spacial score (nSPS) is 11.0. The zero-order chi connectivity index (χ0) is 22.9. The van der Waals surface area contributed by atoms with Crippen LogP contribution in [0.5, 0.6) is 5.75 Å². The lowest BCUT2D eigenvalue weighted by Gasteiger charge is -2.27. The summed E-state index contributed by atoms with van der Waals surface area (Å²) in [7, 11) is 0. The Bertz CT molecular complexity index is 880. The van der Waals surface area contributed by atoms with Crippen LogP contribution >= 0.6 is 0 Å². The first kappa shape index (κ1) is 24.2. The van der Waals surface area contributed by atoms with Gasteiger partial charge in [-0.05, 0) is 57.9 Å². The highest BCUT2D eigenvalue weighted by molar-refractivity contribution is 5.91. The maximum Gasteiger partial charge on any atom is 0.410 e. The van der Waals surface area contributed by atoms with Crippen molar-refractivity contribution in [1.29, 1.82) is 0 Å². The first-order chi connectivity index (χ1) is 14.7. The molecule has 0 aliphatic heterocycles. The number of amides is 2. The highest BCUT2D eigenvalue weighted by atomic mass is 19.1. The zero-order valence-corrected chi connectivity index (χ0v) is 18.6. The molecule has 2 aromatic rings. The number of anilines is 1. The van der Waals surface area contributed by atoms with Crippen molar-refractivity contribution >= 4 is 17.7 Å². The molecular formula is C24H31FN2O4. The molecule has 7 heteroatoms. The molecule has 0 unspecified atom stereocenters. The minimum absolute atomic E-state index is 0.157. The summed E-state index contributed by atoms with van der Waals surface area (Å²) >= 11 is 0. The molecule has 0 aliphatic rings. The van der Waals surface area contributed by atoms with Gasteiger partial charge in [-0.25, -0.2) is 9.18 Å². The van der Waals surface area contributed by atoms with Crippen molar-refractivity contribution in [2.75, 3.05) is 18.5 Å². The second kappa shape index (κ2) is 11.3. The van der Waals surface area contributed by atoms with Crippen LogP contribution in [0.1, 0.15) is 46.1 Å². The summed E-state index contributed by atoms with van der Waals surface area (Å²) in [6, 6.07) is 13.3. The summed E-state index contributed by atoms with van der Waals surface area (Å²) in [5.41, 5.74) is 0.895. The predicted molar refractivity (Wildman–Crippen MR) is 119 cm³/mol. The van der Waals surface area contributed by atoms with E-state index in [2.05, 4.69) is 5.32 Å². The van der Waals surface area contributed by atoms with Crippen molar-refractivity contribution in [3.63, 3.8) is 0 Å². The molecule has 6 nitrogen and oxygen atoms in total. The van der Waals surface area contributed by atoms with E-state index in [-0.39, 0.29) is 18.1 Å². The summed E-state index contributed by atoms with van der Waals surface area (Å²) in [6.07, 6.45) is 0.349. The molecule has 0 saturated heterocycles. The van der Waals surface area contributed by atoms with E-state index in [0.29, 0.717) is 37.6 Å². The van der Waals surface area contributed by atoms with Gasteiger partial charge in [0.05, 0.1) is 13.2 Å². The minimum Gasteiger partial charge on any atom is -0.493 e. The Kier molecular flexibility index (Phi) is 8.85. The quantitative estimate of drug-likeness (QED) is 0.542. The molecule has 0 saturated carbocycles. The second-order valence-corrected chi connectivity index (χ2v) is 8.11. The molecule has 0 fully saturated rings. The Balaban J connectivity index is 1.89. The Labute approximate surface area is 183 Å². The summed E-state index contributed by atoms with van der Waals surface area (Å²) < 4.78 is 24.1. The van der Waals surface area contributed by atoms with Crippen LogP contribution in [-0.4, -0.2) is 35.7 Å². The molecule has 0 aromatic heterocycles. The van der Waals surface area contributed by atoms with Gasteiger partial charge >= 0.3 is 6.09 Å². The lowest BCUT2D eigenvalue weighted by atomic mass is 10.1. The number of hydrogen-bond donors (Lipinski definition) is 1. The molecule has 0 heterocycles. The molecule has 2 amide bonds. The number of nitrogens with one attached hydrogen (secondary N) is 1. The summed E-state index contributed by atoms with van der Waals surface area (Å²) in [5.74, 6) is -0.0810. The van der Waals surface area contributed by atoms with Crippen LogP contribution in [0.3, 0.4) is 0 Å². The lowest BCUT2D eigenvalue weighted by Crippen LogP contribution is -2.36. The number of ether oxygens (including phenoxy) is 2. The van der Waals surface area contributed by atoms with Crippen molar-refractivity contribution in [3.05, 3.63) is 59.9 Å². The second-order valence-electron chi connectivity index (χ2n) is 8.11. The fraction of sp³-hybridized carbons (Fsp3) is 0.417. The third kappa shape index (κ3) is 8.66. The Morgan fingerprint density at radius 1 is 1.10 bits per heavy atom. The van der Waals surface area contributed by atoms with Crippen molar-refractivity contribution in [2.24, 2.45) is 0 Å². The average Bonchev–Trinajstić information content (AvgIpc) is 2.69. The van der Waals surface area contributed by atoms with Crippen LogP contribution in [-0.2, 0) is 16.1 Å². The number of carbonyl (C=O) groups is 2. The SMILES string of the molecule is CCN(Cc1ccccc1NC(=O)CCCOc1cccc(F)c1)C(=O)OC(C)(C)C. The maximum atomic E-state index is 13.2. The van der Waals surface area contributed by atoms with E-state index < -0.39 is 11.7 Å². The molecule has 0 spiro atoms. The van der Waals surface area contributed by atoms with Crippen molar-refractivity contribution < 1.29 is 23.5 Å². The number of carbonyl (C=O) groups excluding carboxylic acids is 2. The van der Waals surface area contributed by atoms with Gasteiger partial charge in [0.2, 0.25) is 5.91 Å². The lowest BCUT2D eigenvalue weighted by molar-refractivity contribution is -0.116. The summed E-state index contributed by atoms with van der Waals surface area (Å²) in [5, 5.41) is 2.90. The van der Waals surface area contributed by atoms with Crippen molar-refractivity contribution in [3.8, 4) is 5.75 Å². The topological polar surface area (TPSA) is 67.9 Å². The van der Waals surface area contributed by atoms with E-state index in [1.54, 1.807) is 23.1 Å². The average molecular weight is 431 g/mol. The van der Waals surface area contributed by atoms with E-state index in [4.69, 9.17) is 9.47 Å². The Hall–Kier alpha value is -3.09. The number of benzene rings is 2. The molecule has 168 valence electrons. The largest absolute Gasteiger partial charge is 0.493 e. The maximum absolute atomic E-state index is 13.2. The molecule has 0 aliphatic carbocycles. The first-order valence-electron chi connectivity index (χ1n) is 10.4. The molecular weight excluding hydrogens is 399 g/mol. The van der Waals surface area contributed by atoms with Gasteiger partial charge in [-0.15, -0.1) is 0 Å². The number of hydrogen-bond acceptors (Lipinski definition) is 4. The number of rotatable bonds is 9. The monoisotopic (exact) mass is 430 g/mol. The van der Waals surface area contributed by atoms with Gasteiger partial charge in [0.15, 0.2) is 0 Å². The van der Waals surface area contributed by atoms with E-state index >= 15 is 0 Å². The number of nitrogens with zero attached hydrogens (tertiary/aromatic N) is 1. The zero-order valence-electron chi connectivity index (χ0n) is 18.6. The van der Waals surface area contributed by atoms with Crippen molar-refractivity contribution in [1.82, 2.24) is 4.90 Å². The van der Waals surface area contributed by atoms with E-state index in [1.165, 1.54) is 12.1 Å². The third-order valence-electron chi connectivity index (χ3n) is 4.30. The van der Waals surface area contributed by atoms with Crippen LogP contribution in [0.25, 0.3) is 0 Å². The standard InChI is InChI=1S/C24H31FN2O4/c1-5-27(23(29)31-24(2,3)4)17-18-10-6-7-13-21(18)26-22(28)14-9-15-30-20-12-8-11-19(25)16-20/h6-8,10-13,16H,5,9,14-15,17H2,1-4H3,(H,26,28). The van der Waals surface area contributed by atoms with E-state index in [0.717, 1.165) is 5.56 Å². The van der Waals surface area contributed by atoms with E-state index in [1.807, 2.05) is 45.9 Å². The van der Waals surface area contributed by atoms with E-state index in [9.17, 15) is 14.0 Å². The fourth-order valence-electron chi connectivity index (χ4n) is 2.81. The molecule has 31 heavy (non-hydrogen) atoms. The van der Waals surface area contributed by atoms with Crippen LogP contribution in [0, 0.1) is 5.82 Å². The summed E-state index contributed by atoms with van der Waals surface area (Å²) in [6.45, 7) is 8.46. The first-order valence-corrected chi connectivity index (χ1v) is 10.4. The Morgan fingerprint density at radius 2 is 1.84 bits per heavy atom. The van der Waals surface area contributed by atoms with Crippen LogP contribution in [0.4, 0.5) is 14.9 Å². The molecule has 0 bridgehead atoms. The molecule has 2 aromatic carbocycles. The van der Waals surface area contributed by atoms with Gasteiger partial charge in [-0.1, -0.05) is 24.3 Å². The van der Waals surface area contributed by atoms with Crippen LogP contribution < -0.4 is 10.1 Å². The van der Waals surface area contributed by atoms with Crippen LogP contribution in [0.15, 0.2) is 48.5 Å². The number of para-hydroxylation sites is 1. The fourth-order valence-corrected chi connectivity index (χ4v) is 2.81. The highest BCUT2D eigenvalue weighted by Gasteiger charge is 2.22. The van der Waals surface area contributed by atoms with Gasteiger partial charge in [0, 0.05) is 24.7 Å². The highest BCUT2D eigenvalue weighted by Crippen LogP contribution is 2.20. The van der Waals surface area contributed by atoms with Gasteiger partial charge in [-0.3, -0.25) is 4.79 Å². The minimum atomic E-state index is -0.578. The van der Waals surface area contributed by atoms with Gasteiger partial charge in [0.1, 0.15) is 17.2 Å². The Morgan fingerprint density at radius 3 is 2.52 bits per heavy atom. The predicted octanol–water partition coefficient (Wildman–Crippen LogP) is 5.38. The molecule has 2 rings (SSSR count). The van der Waals surface area contributed by atoms with Gasteiger partial charge < -0.3 is 19.7 Å². The molecule has 0 atom stereocenters. The van der Waals surface area contributed by atoms with Gasteiger partial charge in [0.25, 0.3) is 0 Å². The number of halogens is 1. The summed E-state index contributed by atoms with van der Waals surface area (Å²) in [4.78, 5) is 26.4. The smallest absolute Gasteiger partial charge is 0.410 e.